The Morgan fingerprint density at radius 2 is 2.00 bits per heavy atom. The maximum atomic E-state index is 12.2. The minimum atomic E-state index is -0.465. The lowest BCUT2D eigenvalue weighted by Crippen LogP contribution is -2.44. The van der Waals surface area contributed by atoms with Gasteiger partial charge in [0.1, 0.15) is 11.3 Å². The van der Waals surface area contributed by atoms with E-state index in [0.29, 0.717) is 18.0 Å². The van der Waals surface area contributed by atoms with Crippen LogP contribution in [-0.2, 0) is 0 Å². The van der Waals surface area contributed by atoms with Crippen LogP contribution < -0.4 is 15.6 Å². The number of benzene rings is 1. The fourth-order valence-corrected chi connectivity index (χ4v) is 3.20. The second-order valence-corrected chi connectivity index (χ2v) is 6.54. The molecule has 2 aromatic rings. The number of aromatic amines is 1. The number of H-pyrrole nitrogens is 1. The fourth-order valence-electron chi connectivity index (χ4n) is 2.92. The SMILES string of the molecule is COc1ccc(-n2c(O)c(C=NCCN3CCNCC3)c(=O)[nH]c2=S)cc1. The van der Waals surface area contributed by atoms with Crippen molar-refractivity contribution in [2.75, 3.05) is 46.4 Å². The van der Waals surface area contributed by atoms with E-state index < -0.39 is 5.56 Å². The first-order chi connectivity index (χ1) is 13.1. The first-order valence-electron chi connectivity index (χ1n) is 8.76. The Morgan fingerprint density at radius 3 is 2.67 bits per heavy atom. The van der Waals surface area contributed by atoms with E-state index in [4.69, 9.17) is 17.0 Å². The summed E-state index contributed by atoms with van der Waals surface area (Å²) in [4.78, 5) is 21.4. The molecule has 0 bridgehead atoms. The normalized spacial score (nSPS) is 15.3. The molecule has 0 aliphatic carbocycles. The highest BCUT2D eigenvalue weighted by Gasteiger charge is 2.13. The van der Waals surface area contributed by atoms with Gasteiger partial charge in [-0.2, -0.15) is 0 Å². The fraction of sp³-hybridized carbons (Fsp3) is 0.389. The van der Waals surface area contributed by atoms with Crippen LogP contribution in [0.2, 0.25) is 0 Å². The van der Waals surface area contributed by atoms with Crippen molar-refractivity contribution < 1.29 is 9.84 Å². The molecule has 1 fully saturated rings. The van der Waals surface area contributed by atoms with Crippen LogP contribution in [0.25, 0.3) is 5.69 Å². The summed E-state index contributed by atoms with van der Waals surface area (Å²) in [5, 5.41) is 13.9. The van der Waals surface area contributed by atoms with E-state index >= 15 is 0 Å². The third-order valence-corrected chi connectivity index (χ3v) is 4.71. The van der Waals surface area contributed by atoms with Gasteiger partial charge < -0.3 is 15.2 Å². The summed E-state index contributed by atoms with van der Waals surface area (Å²) >= 11 is 5.21. The van der Waals surface area contributed by atoms with Gasteiger partial charge in [0, 0.05) is 38.9 Å². The zero-order valence-electron chi connectivity index (χ0n) is 15.1. The number of aromatic nitrogens is 2. The Labute approximate surface area is 162 Å². The third-order valence-electron chi connectivity index (χ3n) is 4.43. The van der Waals surface area contributed by atoms with E-state index in [9.17, 15) is 9.90 Å². The van der Waals surface area contributed by atoms with Crippen molar-refractivity contribution in [3.63, 3.8) is 0 Å². The highest BCUT2D eigenvalue weighted by atomic mass is 32.1. The Bertz CT molecular complexity index is 914. The molecular weight excluding hydrogens is 366 g/mol. The molecule has 0 spiro atoms. The van der Waals surface area contributed by atoms with E-state index in [2.05, 4.69) is 20.2 Å². The first-order valence-corrected chi connectivity index (χ1v) is 9.16. The van der Waals surface area contributed by atoms with Gasteiger partial charge in [0.15, 0.2) is 4.77 Å². The van der Waals surface area contributed by atoms with Crippen molar-refractivity contribution in [3.05, 3.63) is 45.0 Å². The molecule has 0 amide bonds. The number of hydrogen-bond acceptors (Lipinski definition) is 7. The van der Waals surface area contributed by atoms with Crippen LogP contribution in [0.5, 0.6) is 11.6 Å². The van der Waals surface area contributed by atoms with Crippen molar-refractivity contribution in [2.45, 2.75) is 0 Å². The van der Waals surface area contributed by atoms with Gasteiger partial charge in [-0.05, 0) is 36.5 Å². The molecule has 27 heavy (non-hydrogen) atoms. The maximum Gasteiger partial charge on any atom is 0.264 e. The molecular formula is C18H23N5O3S. The smallest absolute Gasteiger partial charge is 0.264 e. The number of rotatable bonds is 6. The largest absolute Gasteiger partial charge is 0.497 e. The van der Waals surface area contributed by atoms with E-state index in [1.54, 1.807) is 31.4 Å². The molecule has 0 atom stereocenters. The summed E-state index contributed by atoms with van der Waals surface area (Å²) in [5.74, 6) is 0.448. The number of methoxy groups -OCH3 is 1. The molecule has 1 aliphatic heterocycles. The van der Waals surface area contributed by atoms with Gasteiger partial charge in [-0.25, -0.2) is 0 Å². The predicted octanol–water partition coefficient (Wildman–Crippen LogP) is 0.933. The van der Waals surface area contributed by atoms with Crippen molar-refractivity contribution >= 4 is 18.4 Å². The van der Waals surface area contributed by atoms with Crippen molar-refractivity contribution in [3.8, 4) is 17.3 Å². The summed E-state index contributed by atoms with van der Waals surface area (Å²) < 4.78 is 6.65. The summed E-state index contributed by atoms with van der Waals surface area (Å²) in [5.41, 5.74) is 0.234. The molecule has 3 rings (SSSR count). The van der Waals surface area contributed by atoms with E-state index in [0.717, 1.165) is 32.7 Å². The Morgan fingerprint density at radius 1 is 1.30 bits per heavy atom. The lowest BCUT2D eigenvalue weighted by molar-refractivity contribution is 0.248. The van der Waals surface area contributed by atoms with Gasteiger partial charge in [-0.1, -0.05) is 0 Å². The number of nitrogens with zero attached hydrogens (tertiary/aromatic N) is 3. The minimum absolute atomic E-state index is 0.0831. The molecule has 2 heterocycles. The molecule has 0 saturated carbocycles. The molecule has 8 nitrogen and oxygen atoms in total. The topological polar surface area (TPSA) is 94.9 Å². The van der Waals surface area contributed by atoms with E-state index in [1.165, 1.54) is 10.8 Å². The Hall–Kier alpha value is -2.49. The molecule has 1 aromatic carbocycles. The summed E-state index contributed by atoms with van der Waals surface area (Å²) in [6.45, 7) is 5.30. The van der Waals surface area contributed by atoms with Gasteiger partial charge >= 0.3 is 0 Å². The van der Waals surface area contributed by atoms with Crippen LogP contribution in [0.1, 0.15) is 5.56 Å². The Balaban J connectivity index is 1.81. The number of piperazine rings is 1. The highest BCUT2D eigenvalue weighted by molar-refractivity contribution is 7.71. The van der Waals surface area contributed by atoms with Crippen LogP contribution in [0.3, 0.4) is 0 Å². The van der Waals surface area contributed by atoms with Gasteiger partial charge in [-0.15, -0.1) is 0 Å². The molecule has 144 valence electrons. The minimum Gasteiger partial charge on any atom is -0.497 e. The number of nitrogens with one attached hydrogen (secondary N) is 2. The number of aliphatic imine (C=N–C) groups is 1. The van der Waals surface area contributed by atoms with Gasteiger partial charge in [0.05, 0.1) is 19.3 Å². The van der Waals surface area contributed by atoms with E-state index in [-0.39, 0.29) is 16.2 Å². The summed E-state index contributed by atoms with van der Waals surface area (Å²) in [7, 11) is 1.58. The maximum absolute atomic E-state index is 12.2. The highest BCUT2D eigenvalue weighted by Crippen LogP contribution is 2.21. The monoisotopic (exact) mass is 389 g/mol. The van der Waals surface area contributed by atoms with Crippen LogP contribution in [-0.4, -0.2) is 72.2 Å². The molecule has 0 unspecified atom stereocenters. The van der Waals surface area contributed by atoms with Gasteiger partial charge in [-0.3, -0.25) is 24.2 Å². The third kappa shape index (κ3) is 4.62. The van der Waals surface area contributed by atoms with Crippen molar-refractivity contribution in [1.82, 2.24) is 19.8 Å². The molecule has 0 radical (unpaired) electrons. The predicted molar refractivity (Wildman–Crippen MR) is 107 cm³/mol. The number of hydrogen-bond donors (Lipinski definition) is 3. The van der Waals surface area contributed by atoms with Crippen molar-refractivity contribution in [1.29, 1.82) is 0 Å². The molecule has 1 aromatic heterocycles. The molecule has 1 saturated heterocycles. The van der Waals surface area contributed by atoms with E-state index in [1.807, 2.05) is 0 Å². The second kappa shape index (κ2) is 8.94. The molecule has 1 aliphatic rings. The first kappa shape index (κ1) is 19.3. The van der Waals surface area contributed by atoms with Crippen molar-refractivity contribution in [2.24, 2.45) is 4.99 Å². The average Bonchev–Trinajstić information content (AvgIpc) is 2.68. The number of ether oxygens (including phenoxy) is 1. The average molecular weight is 389 g/mol. The number of aromatic hydroxyl groups is 1. The standard InChI is InChI=1S/C18H23N5O3S/c1-26-14-4-2-13(3-5-14)23-17(25)15(16(24)21-18(23)27)12-20-8-11-22-9-6-19-7-10-22/h2-5,12,19,25H,6-11H2,1H3,(H,21,24,27). The van der Waals surface area contributed by atoms with Gasteiger partial charge in [0.2, 0.25) is 5.88 Å². The molecule has 3 N–H and O–H groups in total. The quantitative estimate of drug-likeness (QED) is 0.503. The van der Waals surface area contributed by atoms with Crippen LogP contribution in [0.4, 0.5) is 0 Å². The zero-order valence-corrected chi connectivity index (χ0v) is 16.0. The lowest BCUT2D eigenvalue weighted by Gasteiger charge is -2.26. The van der Waals surface area contributed by atoms with Crippen LogP contribution in [0.15, 0.2) is 34.1 Å². The Kier molecular flexibility index (Phi) is 6.38. The van der Waals surface area contributed by atoms with Crippen LogP contribution in [0, 0.1) is 4.77 Å². The van der Waals surface area contributed by atoms with Gasteiger partial charge in [0.25, 0.3) is 5.56 Å². The zero-order chi connectivity index (χ0) is 19.2. The second-order valence-electron chi connectivity index (χ2n) is 6.16. The summed E-state index contributed by atoms with van der Waals surface area (Å²) in [6, 6.07) is 7.00. The molecule has 9 heteroatoms. The lowest BCUT2D eigenvalue weighted by atomic mass is 10.2. The van der Waals surface area contributed by atoms with Crippen LogP contribution >= 0.6 is 12.2 Å². The summed E-state index contributed by atoms with van der Waals surface area (Å²) in [6.07, 6.45) is 1.41.